The first-order valence-corrected chi connectivity index (χ1v) is 8.46. The summed E-state index contributed by atoms with van der Waals surface area (Å²) in [6, 6.07) is 6.33. The van der Waals surface area contributed by atoms with Crippen LogP contribution in [0.1, 0.15) is 50.1 Å². The molecule has 2 saturated carbocycles. The number of carbonyl (C=O) groups excluding carboxylic acids is 2. The summed E-state index contributed by atoms with van der Waals surface area (Å²) in [7, 11) is 0. The first-order chi connectivity index (χ1) is 11.1. The van der Waals surface area contributed by atoms with Gasteiger partial charge in [0, 0.05) is 18.9 Å². The maximum Gasteiger partial charge on any atom is 0.223 e. The predicted octanol–water partition coefficient (Wildman–Crippen LogP) is 2.70. The van der Waals surface area contributed by atoms with Crippen LogP contribution in [0, 0.1) is 17.7 Å². The van der Waals surface area contributed by atoms with Crippen molar-refractivity contribution < 1.29 is 14.0 Å². The van der Waals surface area contributed by atoms with Gasteiger partial charge in [-0.1, -0.05) is 12.1 Å². The Morgan fingerprint density at radius 1 is 1.13 bits per heavy atom. The van der Waals surface area contributed by atoms with Gasteiger partial charge in [0.25, 0.3) is 0 Å². The van der Waals surface area contributed by atoms with Crippen LogP contribution in [-0.2, 0) is 9.59 Å². The lowest BCUT2D eigenvalue weighted by molar-refractivity contribution is -0.124. The second-order valence-corrected chi connectivity index (χ2v) is 6.60. The zero-order valence-electron chi connectivity index (χ0n) is 13.2. The molecule has 4 nitrogen and oxygen atoms in total. The molecule has 0 saturated heterocycles. The van der Waals surface area contributed by atoms with Crippen LogP contribution in [0.25, 0.3) is 0 Å². The predicted molar refractivity (Wildman–Crippen MR) is 85.0 cm³/mol. The van der Waals surface area contributed by atoms with Gasteiger partial charge in [-0.3, -0.25) is 9.59 Å². The number of halogens is 1. The third-order valence-electron chi connectivity index (χ3n) is 4.47. The molecule has 0 bridgehead atoms. The monoisotopic (exact) mass is 318 g/mol. The highest BCUT2D eigenvalue weighted by Gasteiger charge is 2.33. The molecule has 2 amide bonds. The Morgan fingerprint density at radius 3 is 2.43 bits per heavy atom. The summed E-state index contributed by atoms with van der Waals surface area (Å²) in [6.07, 6.45) is 5.22. The molecule has 2 aliphatic carbocycles. The van der Waals surface area contributed by atoms with E-state index in [0.29, 0.717) is 25.3 Å². The van der Waals surface area contributed by atoms with Crippen LogP contribution >= 0.6 is 0 Å². The number of benzene rings is 1. The number of rotatable bonds is 8. The van der Waals surface area contributed by atoms with Crippen molar-refractivity contribution in [3.05, 3.63) is 35.6 Å². The minimum atomic E-state index is -0.263. The largest absolute Gasteiger partial charge is 0.356 e. The second kappa shape index (κ2) is 7.11. The molecule has 0 heterocycles. The Labute approximate surface area is 135 Å². The fourth-order valence-corrected chi connectivity index (χ4v) is 2.77. The van der Waals surface area contributed by atoms with Gasteiger partial charge in [-0.15, -0.1) is 0 Å². The minimum Gasteiger partial charge on any atom is -0.356 e. The molecule has 0 aliphatic heterocycles. The summed E-state index contributed by atoms with van der Waals surface area (Å²) in [5, 5.41) is 5.93. The molecule has 1 atom stereocenters. The van der Waals surface area contributed by atoms with Gasteiger partial charge in [-0.05, 0) is 55.7 Å². The molecule has 23 heavy (non-hydrogen) atoms. The summed E-state index contributed by atoms with van der Waals surface area (Å²) in [5.41, 5.74) is 0.962. The van der Waals surface area contributed by atoms with Crippen molar-refractivity contribution in [2.24, 2.45) is 11.8 Å². The summed E-state index contributed by atoms with van der Waals surface area (Å²) >= 11 is 0. The number of amides is 2. The van der Waals surface area contributed by atoms with E-state index in [9.17, 15) is 14.0 Å². The maximum absolute atomic E-state index is 13.0. The quantitative estimate of drug-likeness (QED) is 0.724. The van der Waals surface area contributed by atoms with Crippen molar-refractivity contribution in [3.63, 3.8) is 0 Å². The fourth-order valence-electron chi connectivity index (χ4n) is 2.77. The summed E-state index contributed by atoms with van der Waals surface area (Å²) in [5.74, 6) is 0.515. The van der Waals surface area contributed by atoms with Crippen LogP contribution in [0.4, 0.5) is 4.39 Å². The highest BCUT2D eigenvalue weighted by Crippen LogP contribution is 2.41. The van der Waals surface area contributed by atoms with Gasteiger partial charge in [-0.25, -0.2) is 4.39 Å². The van der Waals surface area contributed by atoms with Crippen molar-refractivity contribution in [2.45, 2.75) is 44.6 Å². The number of hydrogen-bond donors (Lipinski definition) is 2. The molecule has 124 valence electrons. The first-order valence-electron chi connectivity index (χ1n) is 8.46. The van der Waals surface area contributed by atoms with Crippen LogP contribution in [0.5, 0.6) is 0 Å². The van der Waals surface area contributed by atoms with Gasteiger partial charge in [0.1, 0.15) is 5.82 Å². The molecule has 0 radical (unpaired) electrons. The van der Waals surface area contributed by atoms with Crippen molar-refractivity contribution in [3.8, 4) is 0 Å². The van der Waals surface area contributed by atoms with Gasteiger partial charge in [-0.2, -0.15) is 0 Å². The van der Waals surface area contributed by atoms with Crippen LogP contribution in [0.15, 0.2) is 24.3 Å². The van der Waals surface area contributed by atoms with E-state index in [1.165, 1.54) is 12.1 Å². The van der Waals surface area contributed by atoms with Crippen molar-refractivity contribution >= 4 is 11.8 Å². The highest BCUT2D eigenvalue weighted by molar-refractivity contribution is 5.81. The third-order valence-corrected chi connectivity index (χ3v) is 4.47. The first kappa shape index (κ1) is 16.0. The Kier molecular flexibility index (Phi) is 4.94. The SMILES string of the molecule is O=C(CCCNC(=O)C1CC1)N[C@H](c1ccc(F)cc1)C1CC1. The second-order valence-electron chi connectivity index (χ2n) is 6.60. The van der Waals surface area contributed by atoms with Crippen molar-refractivity contribution in [1.82, 2.24) is 10.6 Å². The molecule has 0 unspecified atom stereocenters. The topological polar surface area (TPSA) is 58.2 Å². The van der Waals surface area contributed by atoms with E-state index in [0.717, 1.165) is 31.2 Å². The molecular weight excluding hydrogens is 295 g/mol. The molecule has 0 aromatic heterocycles. The number of hydrogen-bond acceptors (Lipinski definition) is 2. The minimum absolute atomic E-state index is 0.00750. The number of nitrogens with one attached hydrogen (secondary N) is 2. The standard InChI is InChI=1S/C18H23FN2O2/c19-15-9-7-13(8-10-15)17(12-3-4-12)21-16(22)2-1-11-20-18(23)14-5-6-14/h7-10,12,14,17H,1-6,11H2,(H,20,23)(H,21,22)/t17-/m0/s1. The lowest BCUT2D eigenvalue weighted by Crippen LogP contribution is -2.31. The lowest BCUT2D eigenvalue weighted by atomic mass is 10.0. The molecule has 5 heteroatoms. The van der Waals surface area contributed by atoms with Gasteiger partial charge in [0.15, 0.2) is 0 Å². The zero-order valence-corrected chi connectivity index (χ0v) is 13.2. The molecule has 1 aromatic rings. The molecular formula is C18H23FN2O2. The molecule has 3 rings (SSSR count). The smallest absolute Gasteiger partial charge is 0.223 e. The fraction of sp³-hybridized carbons (Fsp3) is 0.556. The van der Waals surface area contributed by atoms with Crippen molar-refractivity contribution in [2.75, 3.05) is 6.54 Å². The maximum atomic E-state index is 13.0. The lowest BCUT2D eigenvalue weighted by Gasteiger charge is -2.19. The third kappa shape index (κ3) is 4.78. The highest BCUT2D eigenvalue weighted by atomic mass is 19.1. The Bertz CT molecular complexity index is 565. The van der Waals surface area contributed by atoms with Crippen LogP contribution in [0.3, 0.4) is 0 Å². The van der Waals surface area contributed by atoms with E-state index in [1.54, 1.807) is 12.1 Å². The van der Waals surface area contributed by atoms with Gasteiger partial charge in [0.2, 0.25) is 11.8 Å². The molecule has 2 aliphatic rings. The van der Waals surface area contributed by atoms with E-state index < -0.39 is 0 Å². The van der Waals surface area contributed by atoms with Crippen LogP contribution in [-0.4, -0.2) is 18.4 Å². The average Bonchev–Trinajstić information content (AvgIpc) is 3.41. The Morgan fingerprint density at radius 2 is 1.83 bits per heavy atom. The van der Waals surface area contributed by atoms with E-state index >= 15 is 0 Å². The van der Waals surface area contributed by atoms with Gasteiger partial charge in [0.05, 0.1) is 6.04 Å². The molecule has 0 spiro atoms. The summed E-state index contributed by atoms with van der Waals surface area (Å²) < 4.78 is 13.0. The Hall–Kier alpha value is -1.91. The van der Waals surface area contributed by atoms with E-state index in [-0.39, 0.29) is 29.6 Å². The number of carbonyl (C=O) groups is 2. The van der Waals surface area contributed by atoms with E-state index in [1.807, 2.05) is 0 Å². The average molecular weight is 318 g/mol. The van der Waals surface area contributed by atoms with Crippen LogP contribution in [0.2, 0.25) is 0 Å². The molecule has 2 fully saturated rings. The summed E-state index contributed by atoms with van der Waals surface area (Å²) in [4.78, 5) is 23.6. The van der Waals surface area contributed by atoms with E-state index in [2.05, 4.69) is 10.6 Å². The zero-order chi connectivity index (χ0) is 16.2. The van der Waals surface area contributed by atoms with E-state index in [4.69, 9.17) is 0 Å². The Balaban J connectivity index is 1.43. The normalized spacial score (nSPS) is 18.3. The molecule has 1 aromatic carbocycles. The molecule has 2 N–H and O–H groups in total. The van der Waals surface area contributed by atoms with Gasteiger partial charge < -0.3 is 10.6 Å². The van der Waals surface area contributed by atoms with Gasteiger partial charge >= 0.3 is 0 Å². The summed E-state index contributed by atoms with van der Waals surface area (Å²) in [6.45, 7) is 0.549. The van der Waals surface area contributed by atoms with Crippen LogP contribution < -0.4 is 10.6 Å². The van der Waals surface area contributed by atoms with Crippen molar-refractivity contribution in [1.29, 1.82) is 0 Å².